The number of aryl methyl sites for hydroxylation is 2. The normalized spacial score (nSPS) is 17.1. The molecule has 124 valence electrons. The van der Waals surface area contributed by atoms with Crippen LogP contribution >= 0.6 is 0 Å². The summed E-state index contributed by atoms with van der Waals surface area (Å²) < 4.78 is 1.96. The number of hydrogen-bond acceptors (Lipinski definition) is 2. The van der Waals surface area contributed by atoms with Gasteiger partial charge in [-0.25, -0.2) is 0 Å². The molecule has 0 aromatic carbocycles. The molecule has 1 aromatic heterocycles. The summed E-state index contributed by atoms with van der Waals surface area (Å²) in [5.74, 6) is 1.92. The molecule has 2 heterocycles. The number of aromatic nitrogens is 2. The van der Waals surface area contributed by atoms with Crippen molar-refractivity contribution in [3.05, 3.63) is 17.0 Å². The summed E-state index contributed by atoms with van der Waals surface area (Å²) in [6, 6.07) is 0. The molecule has 0 bridgehead atoms. The summed E-state index contributed by atoms with van der Waals surface area (Å²) in [5, 5.41) is 7.93. The van der Waals surface area contributed by atoms with Crippen LogP contribution in [-0.4, -0.2) is 46.8 Å². The number of rotatable bonds is 4. The van der Waals surface area contributed by atoms with E-state index in [1.165, 1.54) is 24.1 Å². The van der Waals surface area contributed by atoms with E-state index in [-0.39, 0.29) is 0 Å². The first-order valence-corrected chi connectivity index (χ1v) is 8.55. The van der Waals surface area contributed by atoms with Crippen LogP contribution in [0.5, 0.6) is 0 Å². The van der Waals surface area contributed by atoms with Crippen molar-refractivity contribution < 1.29 is 0 Å². The van der Waals surface area contributed by atoms with Crippen molar-refractivity contribution >= 4 is 5.96 Å². The van der Waals surface area contributed by atoms with Crippen molar-refractivity contribution in [1.82, 2.24) is 20.0 Å². The third-order valence-corrected chi connectivity index (χ3v) is 4.70. The van der Waals surface area contributed by atoms with Crippen molar-refractivity contribution in [3.8, 4) is 0 Å². The quantitative estimate of drug-likeness (QED) is 0.686. The molecular formula is C17H31N5. The van der Waals surface area contributed by atoms with Gasteiger partial charge in [0.05, 0.1) is 5.69 Å². The Bertz CT molecular complexity index is 509. The van der Waals surface area contributed by atoms with Gasteiger partial charge in [-0.1, -0.05) is 6.92 Å². The SMILES string of the molecule is CCNC(=NCCc1c(C)nn(C)c1C)N1CCC(C)CC1. The highest BCUT2D eigenvalue weighted by molar-refractivity contribution is 5.80. The average molecular weight is 305 g/mol. The molecule has 1 aromatic rings. The van der Waals surface area contributed by atoms with Gasteiger partial charge in [0.2, 0.25) is 0 Å². The van der Waals surface area contributed by atoms with Gasteiger partial charge in [-0.2, -0.15) is 5.10 Å². The van der Waals surface area contributed by atoms with E-state index in [4.69, 9.17) is 4.99 Å². The van der Waals surface area contributed by atoms with E-state index in [9.17, 15) is 0 Å². The van der Waals surface area contributed by atoms with E-state index in [0.717, 1.165) is 50.2 Å². The molecule has 0 amide bonds. The molecule has 0 radical (unpaired) electrons. The second-order valence-electron chi connectivity index (χ2n) is 6.43. The van der Waals surface area contributed by atoms with Crippen molar-refractivity contribution in [2.24, 2.45) is 18.0 Å². The molecule has 1 aliphatic rings. The van der Waals surface area contributed by atoms with Crippen LogP contribution in [0.3, 0.4) is 0 Å². The minimum absolute atomic E-state index is 0.821. The first kappa shape index (κ1) is 16.8. The monoisotopic (exact) mass is 305 g/mol. The van der Waals surface area contributed by atoms with Gasteiger partial charge in [-0.15, -0.1) is 0 Å². The third kappa shape index (κ3) is 4.02. The van der Waals surface area contributed by atoms with Crippen molar-refractivity contribution in [2.75, 3.05) is 26.2 Å². The minimum Gasteiger partial charge on any atom is -0.357 e. The maximum atomic E-state index is 4.84. The molecule has 1 saturated heterocycles. The van der Waals surface area contributed by atoms with Crippen LogP contribution in [0.4, 0.5) is 0 Å². The second-order valence-corrected chi connectivity index (χ2v) is 6.43. The Morgan fingerprint density at radius 3 is 2.55 bits per heavy atom. The Morgan fingerprint density at radius 1 is 1.32 bits per heavy atom. The Labute approximate surface area is 134 Å². The topological polar surface area (TPSA) is 45.5 Å². The average Bonchev–Trinajstić information content (AvgIpc) is 2.73. The zero-order chi connectivity index (χ0) is 16.1. The predicted molar refractivity (Wildman–Crippen MR) is 92.3 cm³/mol. The van der Waals surface area contributed by atoms with Gasteiger partial charge in [0.25, 0.3) is 0 Å². The summed E-state index contributed by atoms with van der Waals surface area (Å²) in [6.07, 6.45) is 3.50. The Balaban J connectivity index is 1.98. The molecule has 5 heteroatoms. The number of nitrogens with one attached hydrogen (secondary N) is 1. The molecule has 0 aliphatic carbocycles. The van der Waals surface area contributed by atoms with Gasteiger partial charge in [-0.05, 0) is 51.5 Å². The maximum absolute atomic E-state index is 4.84. The summed E-state index contributed by atoms with van der Waals surface area (Å²) in [5.41, 5.74) is 3.73. The fourth-order valence-corrected chi connectivity index (χ4v) is 3.10. The summed E-state index contributed by atoms with van der Waals surface area (Å²) in [7, 11) is 2.01. The lowest BCUT2D eigenvalue weighted by atomic mass is 10.00. The molecule has 0 saturated carbocycles. The number of piperidine rings is 1. The van der Waals surface area contributed by atoms with E-state index in [1.54, 1.807) is 0 Å². The first-order valence-electron chi connectivity index (χ1n) is 8.55. The van der Waals surface area contributed by atoms with Gasteiger partial charge in [0.1, 0.15) is 0 Å². The largest absolute Gasteiger partial charge is 0.357 e. The van der Waals surface area contributed by atoms with Crippen LogP contribution in [0, 0.1) is 19.8 Å². The highest BCUT2D eigenvalue weighted by atomic mass is 15.3. The number of nitrogens with zero attached hydrogens (tertiary/aromatic N) is 4. The van der Waals surface area contributed by atoms with Crippen LogP contribution in [-0.2, 0) is 13.5 Å². The Hall–Kier alpha value is -1.52. The Kier molecular flexibility index (Phi) is 5.86. The van der Waals surface area contributed by atoms with Gasteiger partial charge in [0.15, 0.2) is 5.96 Å². The summed E-state index contributed by atoms with van der Waals surface area (Å²) in [4.78, 5) is 7.25. The van der Waals surface area contributed by atoms with E-state index in [1.807, 2.05) is 11.7 Å². The van der Waals surface area contributed by atoms with E-state index < -0.39 is 0 Å². The number of hydrogen-bond donors (Lipinski definition) is 1. The van der Waals surface area contributed by atoms with Gasteiger partial charge >= 0.3 is 0 Å². The van der Waals surface area contributed by atoms with Crippen LogP contribution in [0.1, 0.15) is 43.6 Å². The number of likely N-dealkylation sites (tertiary alicyclic amines) is 1. The zero-order valence-electron chi connectivity index (χ0n) is 14.8. The van der Waals surface area contributed by atoms with Crippen LogP contribution in [0.2, 0.25) is 0 Å². The van der Waals surface area contributed by atoms with Crippen molar-refractivity contribution in [1.29, 1.82) is 0 Å². The molecule has 0 spiro atoms. The van der Waals surface area contributed by atoms with Crippen LogP contribution < -0.4 is 5.32 Å². The van der Waals surface area contributed by atoms with E-state index in [2.05, 4.69) is 43.0 Å². The number of guanidine groups is 1. The van der Waals surface area contributed by atoms with Crippen molar-refractivity contribution in [3.63, 3.8) is 0 Å². The zero-order valence-corrected chi connectivity index (χ0v) is 14.8. The molecule has 0 atom stereocenters. The lowest BCUT2D eigenvalue weighted by Crippen LogP contribution is -2.45. The molecule has 1 N–H and O–H groups in total. The molecule has 2 rings (SSSR count). The number of aliphatic imine (C=N–C) groups is 1. The highest BCUT2D eigenvalue weighted by Gasteiger charge is 2.18. The minimum atomic E-state index is 0.821. The molecule has 1 aliphatic heterocycles. The predicted octanol–water partition coefficient (Wildman–Crippen LogP) is 2.28. The van der Waals surface area contributed by atoms with Gasteiger partial charge < -0.3 is 10.2 Å². The first-order chi connectivity index (χ1) is 10.5. The van der Waals surface area contributed by atoms with E-state index in [0.29, 0.717) is 0 Å². The molecule has 22 heavy (non-hydrogen) atoms. The fourth-order valence-electron chi connectivity index (χ4n) is 3.10. The summed E-state index contributed by atoms with van der Waals surface area (Å²) >= 11 is 0. The molecular weight excluding hydrogens is 274 g/mol. The van der Waals surface area contributed by atoms with Crippen molar-refractivity contribution in [2.45, 2.75) is 47.0 Å². The van der Waals surface area contributed by atoms with Crippen LogP contribution in [0.15, 0.2) is 4.99 Å². The lowest BCUT2D eigenvalue weighted by molar-refractivity contribution is 0.273. The molecule has 0 unspecified atom stereocenters. The smallest absolute Gasteiger partial charge is 0.193 e. The highest BCUT2D eigenvalue weighted by Crippen LogP contribution is 2.16. The third-order valence-electron chi connectivity index (χ3n) is 4.70. The maximum Gasteiger partial charge on any atom is 0.193 e. The molecule has 1 fully saturated rings. The van der Waals surface area contributed by atoms with Crippen LogP contribution in [0.25, 0.3) is 0 Å². The lowest BCUT2D eigenvalue weighted by Gasteiger charge is -2.33. The van der Waals surface area contributed by atoms with E-state index >= 15 is 0 Å². The fraction of sp³-hybridized carbons (Fsp3) is 0.765. The Morgan fingerprint density at radius 2 is 2.00 bits per heavy atom. The van der Waals surface area contributed by atoms with Gasteiger partial charge in [0, 0.05) is 38.9 Å². The van der Waals surface area contributed by atoms with Gasteiger partial charge in [-0.3, -0.25) is 9.67 Å². The standard InChI is InChI=1S/C17H31N5/c1-6-18-17(22-11-8-13(2)9-12-22)19-10-7-16-14(3)20-21(5)15(16)4/h13H,6-12H2,1-5H3,(H,18,19). The molecule has 5 nitrogen and oxygen atoms in total. The second kappa shape index (κ2) is 7.65. The summed E-state index contributed by atoms with van der Waals surface area (Å²) in [6.45, 7) is 12.7.